The quantitative estimate of drug-likeness (QED) is 0.803. The van der Waals surface area contributed by atoms with Gasteiger partial charge in [-0.2, -0.15) is 0 Å². The van der Waals surface area contributed by atoms with Gasteiger partial charge in [0.15, 0.2) is 0 Å². The molecule has 0 unspecified atom stereocenters. The average molecular weight is 208 g/mol. The van der Waals surface area contributed by atoms with Crippen molar-refractivity contribution >= 4 is 5.97 Å². The summed E-state index contributed by atoms with van der Waals surface area (Å²) in [6.07, 6.45) is 3.07. The molecule has 4 heteroatoms. The van der Waals surface area contributed by atoms with Crippen LogP contribution in [0, 0.1) is 0 Å². The van der Waals surface area contributed by atoms with E-state index in [1.165, 1.54) is 0 Å². The van der Waals surface area contributed by atoms with Crippen molar-refractivity contribution in [2.24, 2.45) is 0 Å². The fraction of sp³-hybridized carbons (Fsp3) is 0.545. The normalized spacial score (nSPS) is 10.6. The topological polar surface area (TPSA) is 63.1 Å². The third-order valence-electron chi connectivity index (χ3n) is 2.16. The van der Waals surface area contributed by atoms with Crippen LogP contribution in [-0.4, -0.2) is 21.0 Å². The van der Waals surface area contributed by atoms with Gasteiger partial charge < -0.3 is 5.11 Å². The highest BCUT2D eigenvalue weighted by Crippen LogP contribution is 2.12. The third-order valence-corrected chi connectivity index (χ3v) is 2.16. The van der Waals surface area contributed by atoms with Gasteiger partial charge in [-0.1, -0.05) is 13.8 Å². The van der Waals surface area contributed by atoms with Crippen molar-refractivity contribution in [2.75, 3.05) is 0 Å². The van der Waals surface area contributed by atoms with Crippen LogP contribution in [0.1, 0.15) is 44.0 Å². The average Bonchev–Trinajstić information content (AvgIpc) is 2.17. The Balaban J connectivity index is 2.54. The molecule has 0 spiro atoms. The van der Waals surface area contributed by atoms with E-state index < -0.39 is 5.97 Å². The van der Waals surface area contributed by atoms with E-state index in [9.17, 15) is 4.79 Å². The maximum absolute atomic E-state index is 10.3. The predicted octanol–water partition coefficient (Wildman–Crippen LogP) is 2.01. The van der Waals surface area contributed by atoms with E-state index in [4.69, 9.17) is 5.11 Å². The molecule has 0 amide bonds. The fourth-order valence-electron chi connectivity index (χ4n) is 1.29. The number of carboxylic acids is 1. The summed E-state index contributed by atoms with van der Waals surface area (Å²) in [6.45, 7) is 4.15. The minimum absolute atomic E-state index is 0.195. The molecule has 4 nitrogen and oxygen atoms in total. The van der Waals surface area contributed by atoms with Gasteiger partial charge in [0.2, 0.25) is 0 Å². The van der Waals surface area contributed by atoms with Crippen LogP contribution >= 0.6 is 0 Å². The first-order chi connectivity index (χ1) is 7.09. The smallest absolute Gasteiger partial charge is 0.303 e. The maximum atomic E-state index is 10.3. The van der Waals surface area contributed by atoms with Crippen LogP contribution in [-0.2, 0) is 11.2 Å². The Morgan fingerprint density at radius 3 is 2.80 bits per heavy atom. The Morgan fingerprint density at radius 1 is 1.47 bits per heavy atom. The molecule has 0 aliphatic carbocycles. The zero-order chi connectivity index (χ0) is 11.3. The van der Waals surface area contributed by atoms with Crippen LogP contribution in [0.25, 0.3) is 0 Å². The molecule has 1 N–H and O–H groups in total. The van der Waals surface area contributed by atoms with E-state index in [0.717, 1.165) is 11.4 Å². The Morgan fingerprint density at radius 2 is 2.20 bits per heavy atom. The Hall–Kier alpha value is -1.45. The van der Waals surface area contributed by atoms with Gasteiger partial charge in [-0.25, -0.2) is 9.97 Å². The number of carbonyl (C=O) groups is 1. The number of rotatable bonds is 5. The first kappa shape index (κ1) is 11.6. The van der Waals surface area contributed by atoms with Crippen LogP contribution < -0.4 is 0 Å². The standard InChI is InChI=1S/C11H16N2O2/c1-8(2)10-6-9(12-7-13-10)4-3-5-11(14)15/h6-8H,3-5H2,1-2H3,(H,14,15). The number of aromatic nitrogens is 2. The van der Waals surface area contributed by atoms with Gasteiger partial charge in [-0.05, 0) is 24.8 Å². The highest BCUT2D eigenvalue weighted by molar-refractivity contribution is 5.66. The molecule has 0 bridgehead atoms. The van der Waals surface area contributed by atoms with E-state index in [0.29, 0.717) is 18.8 Å². The molecule has 0 aliphatic heterocycles. The molecule has 1 aromatic rings. The largest absolute Gasteiger partial charge is 0.481 e. The van der Waals surface area contributed by atoms with Gasteiger partial charge in [0.05, 0.1) is 0 Å². The maximum Gasteiger partial charge on any atom is 0.303 e. The minimum atomic E-state index is -0.756. The summed E-state index contributed by atoms with van der Waals surface area (Å²) in [7, 11) is 0. The molecular formula is C11H16N2O2. The van der Waals surface area contributed by atoms with E-state index in [-0.39, 0.29) is 6.42 Å². The van der Waals surface area contributed by atoms with Crippen LogP contribution in [0.5, 0.6) is 0 Å². The molecule has 1 heterocycles. The molecule has 0 saturated heterocycles. The van der Waals surface area contributed by atoms with Gasteiger partial charge in [0.1, 0.15) is 6.33 Å². The second-order valence-electron chi connectivity index (χ2n) is 3.84. The zero-order valence-corrected chi connectivity index (χ0v) is 9.10. The second kappa shape index (κ2) is 5.44. The SMILES string of the molecule is CC(C)c1cc(CCCC(=O)O)ncn1. The lowest BCUT2D eigenvalue weighted by molar-refractivity contribution is -0.137. The van der Waals surface area contributed by atoms with E-state index in [1.807, 2.05) is 6.07 Å². The lowest BCUT2D eigenvalue weighted by Gasteiger charge is -2.05. The zero-order valence-electron chi connectivity index (χ0n) is 9.10. The number of aliphatic carboxylic acids is 1. The predicted molar refractivity (Wildman–Crippen MR) is 56.7 cm³/mol. The lowest BCUT2D eigenvalue weighted by atomic mass is 10.1. The number of hydrogen-bond acceptors (Lipinski definition) is 3. The Labute approximate surface area is 89.4 Å². The number of aryl methyl sites for hydroxylation is 1. The van der Waals surface area contributed by atoms with Crippen molar-refractivity contribution < 1.29 is 9.90 Å². The fourth-order valence-corrected chi connectivity index (χ4v) is 1.29. The summed E-state index contributed by atoms with van der Waals surface area (Å²) in [6, 6.07) is 1.95. The first-order valence-corrected chi connectivity index (χ1v) is 5.12. The first-order valence-electron chi connectivity index (χ1n) is 5.12. The molecule has 0 aromatic carbocycles. The highest BCUT2D eigenvalue weighted by Gasteiger charge is 2.04. The van der Waals surface area contributed by atoms with Gasteiger partial charge in [0.25, 0.3) is 0 Å². The number of carboxylic acid groups (broad SMARTS) is 1. The molecule has 0 radical (unpaired) electrons. The summed E-state index contributed by atoms with van der Waals surface area (Å²) >= 11 is 0. The van der Waals surface area contributed by atoms with E-state index in [2.05, 4.69) is 23.8 Å². The summed E-state index contributed by atoms with van der Waals surface area (Å²) in [4.78, 5) is 18.6. The van der Waals surface area contributed by atoms with E-state index in [1.54, 1.807) is 6.33 Å². The highest BCUT2D eigenvalue weighted by atomic mass is 16.4. The van der Waals surface area contributed by atoms with E-state index >= 15 is 0 Å². The third kappa shape index (κ3) is 4.06. The van der Waals surface area contributed by atoms with Crippen molar-refractivity contribution in [3.63, 3.8) is 0 Å². The summed E-state index contributed by atoms with van der Waals surface area (Å²) in [5.74, 6) is -0.376. The summed E-state index contributed by atoms with van der Waals surface area (Å²) in [5, 5.41) is 8.50. The molecule has 0 aliphatic rings. The molecule has 15 heavy (non-hydrogen) atoms. The Kier molecular flexibility index (Phi) is 4.21. The van der Waals surface area contributed by atoms with Crippen molar-refractivity contribution in [2.45, 2.75) is 39.0 Å². The van der Waals surface area contributed by atoms with Crippen LogP contribution in [0.3, 0.4) is 0 Å². The van der Waals surface area contributed by atoms with Gasteiger partial charge in [-0.15, -0.1) is 0 Å². The molecule has 0 atom stereocenters. The summed E-state index contributed by atoms with van der Waals surface area (Å²) < 4.78 is 0. The lowest BCUT2D eigenvalue weighted by Crippen LogP contribution is -2.00. The molecule has 0 saturated carbocycles. The summed E-state index contributed by atoms with van der Waals surface area (Å²) in [5.41, 5.74) is 1.94. The molecular weight excluding hydrogens is 192 g/mol. The van der Waals surface area contributed by atoms with Gasteiger partial charge in [0, 0.05) is 17.8 Å². The Bertz CT molecular complexity index is 337. The van der Waals surface area contributed by atoms with Crippen molar-refractivity contribution in [3.05, 3.63) is 23.8 Å². The van der Waals surface area contributed by atoms with Crippen LogP contribution in [0.4, 0.5) is 0 Å². The molecule has 0 fully saturated rings. The molecule has 1 aromatic heterocycles. The van der Waals surface area contributed by atoms with Gasteiger partial charge >= 0.3 is 5.97 Å². The van der Waals surface area contributed by atoms with Crippen LogP contribution in [0.15, 0.2) is 12.4 Å². The van der Waals surface area contributed by atoms with Crippen molar-refractivity contribution in [1.82, 2.24) is 9.97 Å². The number of nitrogens with zero attached hydrogens (tertiary/aromatic N) is 2. The van der Waals surface area contributed by atoms with Crippen molar-refractivity contribution in [3.8, 4) is 0 Å². The molecule has 82 valence electrons. The second-order valence-corrected chi connectivity index (χ2v) is 3.84. The van der Waals surface area contributed by atoms with Crippen molar-refractivity contribution in [1.29, 1.82) is 0 Å². The monoisotopic (exact) mass is 208 g/mol. The molecule has 1 rings (SSSR count). The minimum Gasteiger partial charge on any atom is -0.481 e. The number of hydrogen-bond donors (Lipinski definition) is 1. The van der Waals surface area contributed by atoms with Crippen LogP contribution in [0.2, 0.25) is 0 Å². The van der Waals surface area contributed by atoms with Gasteiger partial charge in [-0.3, -0.25) is 4.79 Å².